The third kappa shape index (κ3) is 4.76. The molecule has 3 rings (SSSR count). The summed E-state index contributed by atoms with van der Waals surface area (Å²) in [6.45, 7) is 1.96. The van der Waals surface area contributed by atoms with E-state index in [1.54, 1.807) is 0 Å². The van der Waals surface area contributed by atoms with E-state index in [1.165, 1.54) is 28.9 Å². The molecule has 3 aromatic rings. The molecule has 0 fully saturated rings. The van der Waals surface area contributed by atoms with E-state index in [0.717, 1.165) is 5.56 Å². The van der Waals surface area contributed by atoms with Crippen molar-refractivity contribution in [3.63, 3.8) is 0 Å². The minimum atomic E-state index is -0.375. The van der Waals surface area contributed by atoms with Gasteiger partial charge < -0.3 is 14.5 Å². The van der Waals surface area contributed by atoms with Crippen molar-refractivity contribution in [3.8, 4) is 5.75 Å². The van der Waals surface area contributed by atoms with Crippen LogP contribution in [-0.2, 0) is 17.9 Å². The van der Waals surface area contributed by atoms with Gasteiger partial charge in [-0.15, -0.1) is 5.10 Å². The Morgan fingerprint density at radius 2 is 1.92 bits per heavy atom. The first-order valence-electron chi connectivity index (χ1n) is 7.81. The molecular weight excluding hydrogens is 357 g/mol. The predicted octanol–water partition coefficient (Wildman–Crippen LogP) is 3.87. The molecule has 2 aromatic carbocycles. The molecule has 0 aliphatic heterocycles. The van der Waals surface area contributed by atoms with Gasteiger partial charge in [-0.05, 0) is 55.5 Å². The van der Waals surface area contributed by atoms with E-state index in [2.05, 4.69) is 10.4 Å². The van der Waals surface area contributed by atoms with E-state index in [0.29, 0.717) is 11.4 Å². The van der Waals surface area contributed by atoms with E-state index < -0.39 is 0 Å². The van der Waals surface area contributed by atoms with E-state index in [-0.39, 0.29) is 35.6 Å². The molecule has 8 heteroatoms. The summed E-state index contributed by atoms with van der Waals surface area (Å²) in [6, 6.07) is 13.0. The number of benzene rings is 2. The Hall–Kier alpha value is -3.00. The van der Waals surface area contributed by atoms with Gasteiger partial charge in [-0.1, -0.05) is 17.7 Å². The third-order valence-corrected chi connectivity index (χ3v) is 3.75. The summed E-state index contributed by atoms with van der Waals surface area (Å²) >= 11 is 5.07. The molecule has 1 heterocycles. The summed E-state index contributed by atoms with van der Waals surface area (Å²) in [5, 5.41) is 6.77. The zero-order valence-corrected chi connectivity index (χ0v) is 14.8. The molecule has 0 atom stereocenters. The lowest BCUT2D eigenvalue weighted by Gasteiger charge is -2.04. The Balaban J connectivity index is 1.58. The van der Waals surface area contributed by atoms with Crippen LogP contribution in [0.25, 0.3) is 0 Å². The summed E-state index contributed by atoms with van der Waals surface area (Å²) in [5.74, 6) is 0.220. The number of carbonyl (C=O) groups is 1. The summed E-state index contributed by atoms with van der Waals surface area (Å²) < 4.78 is 25.1. The predicted molar refractivity (Wildman–Crippen MR) is 95.9 cm³/mol. The second kappa shape index (κ2) is 7.92. The Morgan fingerprint density at radius 1 is 1.23 bits per heavy atom. The van der Waals surface area contributed by atoms with Gasteiger partial charge in [0, 0.05) is 5.69 Å². The standard InChI is InChI=1S/C18H16FN3O3S/c1-12-2-8-15(9-3-12)24-11-17-21-22(18(26)25-17)10-16(23)20-14-6-4-13(19)5-7-14/h2-9H,10-11H2,1H3,(H,20,23). The van der Waals surface area contributed by atoms with Crippen LogP contribution in [0.4, 0.5) is 10.1 Å². The summed E-state index contributed by atoms with van der Waals surface area (Å²) in [5.41, 5.74) is 1.61. The Kier molecular flexibility index (Phi) is 5.43. The summed E-state index contributed by atoms with van der Waals surface area (Å²) in [7, 11) is 0. The lowest BCUT2D eigenvalue weighted by atomic mass is 10.2. The van der Waals surface area contributed by atoms with E-state index in [1.807, 2.05) is 31.2 Å². The SMILES string of the molecule is Cc1ccc(OCc2nn(CC(=O)Nc3ccc(F)cc3)c(=S)o2)cc1. The molecule has 1 aromatic heterocycles. The molecule has 6 nitrogen and oxygen atoms in total. The van der Waals surface area contributed by atoms with Crippen LogP contribution in [0.1, 0.15) is 11.5 Å². The highest BCUT2D eigenvalue weighted by Gasteiger charge is 2.11. The minimum Gasteiger partial charge on any atom is -0.484 e. The third-order valence-electron chi connectivity index (χ3n) is 3.45. The van der Waals surface area contributed by atoms with Crippen molar-refractivity contribution in [1.29, 1.82) is 0 Å². The second-order valence-electron chi connectivity index (χ2n) is 5.58. The Morgan fingerprint density at radius 3 is 2.62 bits per heavy atom. The van der Waals surface area contributed by atoms with E-state index in [4.69, 9.17) is 21.4 Å². The highest BCUT2D eigenvalue weighted by atomic mass is 32.1. The van der Waals surface area contributed by atoms with Crippen molar-refractivity contribution >= 4 is 23.8 Å². The highest BCUT2D eigenvalue weighted by molar-refractivity contribution is 7.71. The van der Waals surface area contributed by atoms with Crippen LogP contribution < -0.4 is 10.1 Å². The maximum atomic E-state index is 12.9. The molecule has 0 bridgehead atoms. The normalized spacial score (nSPS) is 10.5. The number of aryl methyl sites for hydroxylation is 1. The molecule has 0 saturated carbocycles. The number of amides is 1. The van der Waals surface area contributed by atoms with Crippen molar-refractivity contribution in [3.05, 3.63) is 70.6 Å². The van der Waals surface area contributed by atoms with Gasteiger partial charge in [0.2, 0.25) is 5.91 Å². The average molecular weight is 373 g/mol. The van der Waals surface area contributed by atoms with Crippen molar-refractivity contribution in [2.24, 2.45) is 0 Å². The maximum Gasteiger partial charge on any atom is 0.287 e. The number of hydrogen-bond donors (Lipinski definition) is 1. The number of nitrogens with one attached hydrogen (secondary N) is 1. The average Bonchev–Trinajstić information content (AvgIpc) is 2.96. The van der Waals surface area contributed by atoms with Crippen molar-refractivity contribution in [2.75, 3.05) is 5.32 Å². The monoisotopic (exact) mass is 373 g/mol. The van der Waals surface area contributed by atoms with Crippen LogP contribution >= 0.6 is 12.2 Å². The molecule has 0 unspecified atom stereocenters. The van der Waals surface area contributed by atoms with Crippen LogP contribution in [0.5, 0.6) is 5.75 Å². The fourth-order valence-corrected chi connectivity index (χ4v) is 2.36. The van der Waals surface area contributed by atoms with Gasteiger partial charge >= 0.3 is 0 Å². The number of nitrogens with zero attached hydrogens (tertiary/aromatic N) is 2. The van der Waals surface area contributed by atoms with Crippen LogP contribution in [0.15, 0.2) is 52.9 Å². The fraction of sp³-hybridized carbons (Fsp3) is 0.167. The number of hydrogen-bond acceptors (Lipinski definition) is 5. The number of carbonyl (C=O) groups excluding carboxylic acids is 1. The van der Waals surface area contributed by atoms with Gasteiger partial charge in [-0.2, -0.15) is 0 Å². The lowest BCUT2D eigenvalue weighted by molar-refractivity contribution is -0.117. The zero-order chi connectivity index (χ0) is 18.5. The summed E-state index contributed by atoms with van der Waals surface area (Å²) in [4.78, 5) is 12.1. The molecular formula is C18H16FN3O3S. The summed E-state index contributed by atoms with van der Waals surface area (Å²) in [6.07, 6.45) is 0. The van der Waals surface area contributed by atoms with Crippen LogP contribution in [0.3, 0.4) is 0 Å². The first-order chi connectivity index (χ1) is 12.5. The molecule has 0 saturated heterocycles. The first kappa shape index (κ1) is 17.8. The molecule has 134 valence electrons. The second-order valence-corrected chi connectivity index (χ2v) is 5.93. The number of ether oxygens (including phenoxy) is 1. The zero-order valence-electron chi connectivity index (χ0n) is 13.9. The Labute approximate surface area is 154 Å². The molecule has 1 N–H and O–H groups in total. The molecule has 0 aliphatic rings. The van der Waals surface area contributed by atoms with Gasteiger partial charge in [0.15, 0.2) is 6.61 Å². The largest absolute Gasteiger partial charge is 0.484 e. The quantitative estimate of drug-likeness (QED) is 0.664. The van der Waals surface area contributed by atoms with Crippen molar-refractivity contribution in [2.45, 2.75) is 20.1 Å². The Bertz CT molecular complexity index is 949. The van der Waals surface area contributed by atoms with Crippen LogP contribution in [0.2, 0.25) is 0 Å². The molecule has 26 heavy (non-hydrogen) atoms. The van der Waals surface area contributed by atoms with Crippen molar-refractivity contribution < 1.29 is 18.3 Å². The molecule has 0 radical (unpaired) electrons. The topological polar surface area (TPSA) is 69.3 Å². The van der Waals surface area contributed by atoms with Crippen LogP contribution in [-0.4, -0.2) is 15.7 Å². The van der Waals surface area contributed by atoms with Crippen molar-refractivity contribution in [1.82, 2.24) is 9.78 Å². The smallest absolute Gasteiger partial charge is 0.287 e. The van der Waals surface area contributed by atoms with E-state index >= 15 is 0 Å². The molecule has 0 aliphatic carbocycles. The first-order valence-corrected chi connectivity index (χ1v) is 8.22. The number of halogens is 1. The highest BCUT2D eigenvalue weighted by Crippen LogP contribution is 2.13. The van der Waals surface area contributed by atoms with Gasteiger partial charge in [0.05, 0.1) is 0 Å². The molecule has 0 spiro atoms. The number of anilines is 1. The van der Waals surface area contributed by atoms with Gasteiger partial charge in [0.1, 0.15) is 18.1 Å². The van der Waals surface area contributed by atoms with Gasteiger partial charge in [0.25, 0.3) is 10.7 Å². The fourth-order valence-electron chi connectivity index (χ4n) is 2.16. The number of rotatable bonds is 6. The van der Waals surface area contributed by atoms with Crippen LogP contribution in [0, 0.1) is 17.6 Å². The lowest BCUT2D eigenvalue weighted by Crippen LogP contribution is -2.19. The van der Waals surface area contributed by atoms with Gasteiger partial charge in [-0.25, -0.2) is 9.07 Å². The molecule has 1 amide bonds. The maximum absolute atomic E-state index is 12.9. The minimum absolute atomic E-state index is 0.0711. The van der Waals surface area contributed by atoms with E-state index in [9.17, 15) is 9.18 Å². The van der Waals surface area contributed by atoms with Gasteiger partial charge in [-0.3, -0.25) is 4.79 Å². The number of aromatic nitrogens is 2.